The summed E-state index contributed by atoms with van der Waals surface area (Å²) in [4.78, 5) is 24.2. The normalized spacial score (nSPS) is 14.4. The maximum Gasteiger partial charge on any atom is 0.211 e. The maximum atomic E-state index is 13.5. The van der Waals surface area contributed by atoms with E-state index in [-0.39, 0.29) is 11.5 Å². The van der Waals surface area contributed by atoms with Gasteiger partial charge in [0.05, 0.1) is 19.4 Å². The minimum Gasteiger partial charge on any atom is -0.504 e. The lowest BCUT2D eigenvalue weighted by atomic mass is 9.96. The average molecular weight is 440 g/mol. The summed E-state index contributed by atoms with van der Waals surface area (Å²) in [7, 11) is 0. The predicted molar refractivity (Wildman–Crippen MR) is 126 cm³/mol. The molecule has 4 aromatic rings. The van der Waals surface area contributed by atoms with Crippen LogP contribution < -0.4 is 0 Å². The Morgan fingerprint density at radius 3 is 2.55 bits per heavy atom. The molecule has 0 amide bonds. The second-order valence-corrected chi connectivity index (χ2v) is 8.35. The lowest BCUT2D eigenvalue weighted by Gasteiger charge is -2.27. The Morgan fingerprint density at radius 2 is 1.73 bits per heavy atom. The van der Waals surface area contributed by atoms with Gasteiger partial charge in [0.1, 0.15) is 11.2 Å². The fourth-order valence-corrected chi connectivity index (χ4v) is 4.24. The molecule has 1 aliphatic heterocycles. The highest BCUT2D eigenvalue weighted by atomic mass is 16.5. The Bertz CT molecular complexity index is 1280. The minimum atomic E-state index is -0.161. The highest BCUT2D eigenvalue weighted by Gasteiger charge is 2.17. The van der Waals surface area contributed by atoms with Gasteiger partial charge >= 0.3 is 0 Å². The summed E-state index contributed by atoms with van der Waals surface area (Å²) in [6.07, 6.45) is 3.71. The Kier molecular flexibility index (Phi) is 6.11. The van der Waals surface area contributed by atoms with E-state index in [1.165, 1.54) is 11.8 Å². The Labute approximate surface area is 192 Å². The first-order chi connectivity index (χ1) is 16.2. The molecule has 0 radical (unpaired) electrons. The number of ketones is 1. The molecule has 5 rings (SSSR count). The monoisotopic (exact) mass is 439 g/mol. The fraction of sp³-hybridized carbons (Fsp3) is 0.222. The summed E-state index contributed by atoms with van der Waals surface area (Å²) in [6.45, 7) is 3.99. The molecule has 2 aromatic carbocycles. The van der Waals surface area contributed by atoms with Crippen molar-refractivity contribution < 1.29 is 14.6 Å². The zero-order valence-electron chi connectivity index (χ0n) is 18.3. The maximum absolute atomic E-state index is 13.5. The van der Waals surface area contributed by atoms with Gasteiger partial charge in [0.2, 0.25) is 5.78 Å². The highest BCUT2D eigenvalue weighted by Crippen LogP contribution is 2.23. The number of pyridine rings is 2. The van der Waals surface area contributed by atoms with Crippen LogP contribution in [0.25, 0.3) is 10.9 Å². The molecule has 0 atom stereocenters. The number of rotatable bonds is 6. The first-order valence-corrected chi connectivity index (χ1v) is 11.1. The number of benzene rings is 2. The number of hydrogen-bond donors (Lipinski definition) is 1. The topological polar surface area (TPSA) is 75.6 Å². The molecule has 1 aliphatic rings. The van der Waals surface area contributed by atoms with Crippen molar-refractivity contribution in [3.05, 3.63) is 101 Å². The van der Waals surface area contributed by atoms with Gasteiger partial charge in [-0.05, 0) is 47.4 Å². The SMILES string of the molecule is O=C(c1cc(Cc2ccccc2)cc(CN2CCOCC2)c1)c1ccc2cncc(O)c2n1. The van der Waals surface area contributed by atoms with Crippen molar-refractivity contribution in [2.75, 3.05) is 26.3 Å². The van der Waals surface area contributed by atoms with Crippen molar-refractivity contribution in [3.8, 4) is 5.75 Å². The van der Waals surface area contributed by atoms with Crippen molar-refractivity contribution >= 4 is 16.7 Å². The molecule has 6 heteroatoms. The summed E-state index contributed by atoms with van der Waals surface area (Å²) in [5.41, 5.74) is 4.67. The summed E-state index contributed by atoms with van der Waals surface area (Å²) in [5.74, 6) is -0.195. The smallest absolute Gasteiger partial charge is 0.211 e. The van der Waals surface area contributed by atoms with Crippen LogP contribution in [0.1, 0.15) is 32.7 Å². The van der Waals surface area contributed by atoms with Crippen molar-refractivity contribution in [1.29, 1.82) is 0 Å². The van der Waals surface area contributed by atoms with E-state index < -0.39 is 0 Å². The molecule has 1 saturated heterocycles. The Morgan fingerprint density at radius 1 is 0.939 bits per heavy atom. The van der Waals surface area contributed by atoms with Gasteiger partial charge in [-0.25, -0.2) is 4.98 Å². The number of carbonyl (C=O) groups excluding carboxylic acids is 1. The van der Waals surface area contributed by atoms with Crippen LogP contribution in [0.4, 0.5) is 0 Å². The third-order valence-corrected chi connectivity index (χ3v) is 5.89. The number of hydrogen-bond acceptors (Lipinski definition) is 6. The van der Waals surface area contributed by atoms with E-state index in [0.29, 0.717) is 22.2 Å². The molecule has 33 heavy (non-hydrogen) atoms. The van der Waals surface area contributed by atoms with E-state index >= 15 is 0 Å². The van der Waals surface area contributed by atoms with Crippen LogP contribution in [-0.4, -0.2) is 52.1 Å². The van der Waals surface area contributed by atoms with Crippen LogP contribution in [0, 0.1) is 0 Å². The van der Waals surface area contributed by atoms with Crippen molar-refractivity contribution in [3.63, 3.8) is 0 Å². The zero-order chi connectivity index (χ0) is 22.6. The van der Waals surface area contributed by atoms with E-state index in [2.05, 4.69) is 33.1 Å². The van der Waals surface area contributed by atoms with Gasteiger partial charge in [0.25, 0.3) is 0 Å². The third kappa shape index (κ3) is 4.92. The van der Waals surface area contributed by atoms with E-state index in [0.717, 1.165) is 50.4 Å². The van der Waals surface area contributed by atoms with Crippen LogP contribution in [0.15, 0.2) is 73.1 Å². The summed E-state index contributed by atoms with van der Waals surface area (Å²) < 4.78 is 5.48. The lowest BCUT2D eigenvalue weighted by Crippen LogP contribution is -2.35. The van der Waals surface area contributed by atoms with E-state index in [1.807, 2.05) is 30.3 Å². The number of carbonyl (C=O) groups is 1. The molecular formula is C27H25N3O3. The number of aromatic nitrogens is 2. The number of nitrogens with zero attached hydrogens (tertiary/aromatic N) is 3. The summed E-state index contributed by atoms with van der Waals surface area (Å²) in [6, 6.07) is 19.8. The number of ether oxygens (including phenoxy) is 1. The molecule has 1 N–H and O–H groups in total. The first kappa shape index (κ1) is 21.2. The molecule has 0 saturated carbocycles. The van der Waals surface area contributed by atoms with E-state index in [1.54, 1.807) is 18.3 Å². The standard InChI is InChI=1S/C27H25N3O3/c31-25-17-28-16-22-6-7-24(29-26(22)25)27(32)23-14-20(12-19-4-2-1-3-5-19)13-21(15-23)18-30-8-10-33-11-9-30/h1-7,13-17,31H,8-12,18H2. The molecule has 0 aliphatic carbocycles. The molecule has 6 nitrogen and oxygen atoms in total. The Balaban J connectivity index is 1.50. The summed E-state index contributed by atoms with van der Waals surface area (Å²) >= 11 is 0. The number of fused-ring (bicyclic) bond motifs is 1. The first-order valence-electron chi connectivity index (χ1n) is 11.1. The Hall–Kier alpha value is -3.61. The van der Waals surface area contributed by atoms with Gasteiger partial charge in [0, 0.05) is 36.8 Å². The molecule has 0 unspecified atom stereocenters. The number of morpholine rings is 1. The van der Waals surface area contributed by atoms with E-state index in [9.17, 15) is 9.90 Å². The zero-order valence-corrected chi connectivity index (χ0v) is 18.3. The second-order valence-electron chi connectivity index (χ2n) is 8.35. The van der Waals surface area contributed by atoms with Crippen molar-refractivity contribution in [2.24, 2.45) is 0 Å². The average Bonchev–Trinajstić information content (AvgIpc) is 2.85. The molecule has 0 bridgehead atoms. The van der Waals surface area contributed by atoms with Gasteiger partial charge < -0.3 is 9.84 Å². The predicted octanol–water partition coefficient (Wildman–Crippen LogP) is 3.99. The molecule has 166 valence electrons. The van der Waals surface area contributed by atoms with E-state index in [4.69, 9.17) is 4.74 Å². The lowest BCUT2D eigenvalue weighted by molar-refractivity contribution is 0.0341. The quantitative estimate of drug-likeness (QED) is 0.458. The molecule has 1 fully saturated rings. The third-order valence-electron chi connectivity index (χ3n) is 5.89. The largest absolute Gasteiger partial charge is 0.504 e. The van der Waals surface area contributed by atoms with Crippen LogP contribution in [0.3, 0.4) is 0 Å². The second kappa shape index (κ2) is 9.48. The summed E-state index contributed by atoms with van der Waals surface area (Å²) in [5, 5.41) is 10.8. The van der Waals surface area contributed by atoms with Gasteiger partial charge in [-0.15, -0.1) is 0 Å². The van der Waals surface area contributed by atoms with Gasteiger partial charge in [-0.2, -0.15) is 0 Å². The minimum absolute atomic E-state index is 0.0343. The molecule has 3 heterocycles. The van der Waals surface area contributed by atoms with Gasteiger partial charge in [0.15, 0.2) is 5.75 Å². The van der Waals surface area contributed by atoms with Crippen LogP contribution >= 0.6 is 0 Å². The van der Waals surface area contributed by atoms with Crippen LogP contribution in [0.5, 0.6) is 5.75 Å². The highest BCUT2D eigenvalue weighted by molar-refractivity contribution is 6.09. The van der Waals surface area contributed by atoms with Crippen LogP contribution in [0.2, 0.25) is 0 Å². The number of aromatic hydroxyl groups is 1. The molecule has 0 spiro atoms. The molecular weight excluding hydrogens is 414 g/mol. The van der Waals surface area contributed by atoms with Gasteiger partial charge in [-0.1, -0.05) is 36.4 Å². The van der Waals surface area contributed by atoms with Gasteiger partial charge in [-0.3, -0.25) is 14.7 Å². The fourth-order valence-electron chi connectivity index (χ4n) is 4.24. The van der Waals surface area contributed by atoms with Crippen molar-refractivity contribution in [2.45, 2.75) is 13.0 Å². The van der Waals surface area contributed by atoms with Crippen LogP contribution in [-0.2, 0) is 17.7 Å². The van der Waals surface area contributed by atoms with Crippen molar-refractivity contribution in [1.82, 2.24) is 14.9 Å². The molecule has 2 aromatic heterocycles.